The zero-order valence-electron chi connectivity index (χ0n) is 7.87. The number of alkyl halides is 2. The van der Waals surface area contributed by atoms with E-state index in [2.05, 4.69) is 31.9 Å². The van der Waals surface area contributed by atoms with Gasteiger partial charge in [0, 0.05) is 16.1 Å². The van der Waals surface area contributed by atoms with E-state index in [-0.39, 0.29) is 5.41 Å². The smallest absolute Gasteiger partial charge is 0.287 e. The van der Waals surface area contributed by atoms with Gasteiger partial charge in [0.2, 0.25) is 0 Å². The Hall–Kier alpha value is 1.07. The van der Waals surface area contributed by atoms with Crippen LogP contribution in [0.25, 0.3) is 0 Å². The molecule has 0 aromatic rings. The Morgan fingerprint density at radius 2 is 1.86 bits per heavy atom. The van der Waals surface area contributed by atoms with Crippen molar-refractivity contribution in [3.05, 3.63) is 0 Å². The summed E-state index contributed by atoms with van der Waals surface area (Å²) in [6.07, 6.45) is 0. The molecule has 0 N–H and O–H groups in total. The van der Waals surface area contributed by atoms with Crippen molar-refractivity contribution in [1.82, 2.24) is 0 Å². The lowest BCUT2D eigenvalue weighted by molar-refractivity contribution is 0.00855. The Labute approximate surface area is 101 Å². The van der Waals surface area contributed by atoms with Crippen molar-refractivity contribution in [2.45, 2.75) is 6.92 Å². The van der Waals surface area contributed by atoms with Gasteiger partial charge >= 0.3 is 7.82 Å². The highest BCUT2D eigenvalue weighted by Crippen LogP contribution is 2.55. The number of phosphoric ester groups is 1. The Morgan fingerprint density at radius 3 is 2.21 bits per heavy atom. The standard InChI is InChI=1S/C7H13Br2O4P/c1-2-11-14(10)12-5-7(3-8,4-9)6-13-14/h2-6H2,1H3. The van der Waals surface area contributed by atoms with Gasteiger partial charge in [-0.2, -0.15) is 0 Å². The van der Waals surface area contributed by atoms with Gasteiger partial charge in [-0.15, -0.1) is 0 Å². The van der Waals surface area contributed by atoms with Crippen molar-refractivity contribution in [2.75, 3.05) is 30.5 Å². The number of phosphoric acid groups is 1. The zero-order valence-corrected chi connectivity index (χ0v) is 11.9. The summed E-state index contributed by atoms with van der Waals surface area (Å²) in [6, 6.07) is 0. The van der Waals surface area contributed by atoms with E-state index in [1.807, 2.05) is 0 Å². The van der Waals surface area contributed by atoms with E-state index >= 15 is 0 Å². The first kappa shape index (κ1) is 13.1. The summed E-state index contributed by atoms with van der Waals surface area (Å²) in [4.78, 5) is 0. The van der Waals surface area contributed by atoms with Crippen LogP contribution < -0.4 is 0 Å². The fraction of sp³-hybridized carbons (Fsp3) is 1.00. The SMILES string of the molecule is CCOP1(=O)OCC(CBr)(CBr)CO1. The van der Waals surface area contributed by atoms with Gasteiger partial charge in [0.25, 0.3) is 0 Å². The molecule has 0 aliphatic carbocycles. The molecule has 0 spiro atoms. The number of hydrogen-bond acceptors (Lipinski definition) is 4. The lowest BCUT2D eigenvalue weighted by Crippen LogP contribution is -2.38. The predicted molar refractivity (Wildman–Crippen MR) is 61.2 cm³/mol. The van der Waals surface area contributed by atoms with Gasteiger partial charge in [-0.25, -0.2) is 4.57 Å². The first-order valence-corrected chi connectivity index (χ1v) is 7.96. The van der Waals surface area contributed by atoms with Gasteiger partial charge in [-0.05, 0) is 6.92 Å². The Bertz CT molecular complexity index is 218. The molecule has 7 heteroatoms. The van der Waals surface area contributed by atoms with Crippen molar-refractivity contribution in [2.24, 2.45) is 5.41 Å². The highest BCUT2D eigenvalue weighted by Gasteiger charge is 2.42. The molecule has 0 unspecified atom stereocenters. The van der Waals surface area contributed by atoms with Crippen molar-refractivity contribution in [3.63, 3.8) is 0 Å². The maximum Gasteiger partial charge on any atom is 0.474 e. The molecule has 1 aliphatic rings. The van der Waals surface area contributed by atoms with Crippen molar-refractivity contribution < 1.29 is 18.1 Å². The van der Waals surface area contributed by atoms with Gasteiger partial charge in [-0.3, -0.25) is 13.6 Å². The molecule has 0 radical (unpaired) electrons. The van der Waals surface area contributed by atoms with Gasteiger partial charge in [0.05, 0.1) is 19.8 Å². The second-order valence-corrected chi connectivity index (χ2v) is 5.97. The van der Waals surface area contributed by atoms with E-state index in [4.69, 9.17) is 13.6 Å². The summed E-state index contributed by atoms with van der Waals surface area (Å²) in [6.45, 7) is 2.83. The fourth-order valence-electron chi connectivity index (χ4n) is 0.934. The molecule has 1 saturated heterocycles. The third-order valence-corrected chi connectivity index (χ3v) is 5.76. The third kappa shape index (κ3) is 3.03. The molecular weight excluding hydrogens is 339 g/mol. The average Bonchev–Trinajstić information content (AvgIpc) is 2.20. The topological polar surface area (TPSA) is 44.8 Å². The molecule has 1 fully saturated rings. The van der Waals surface area contributed by atoms with Crippen LogP contribution in [0.5, 0.6) is 0 Å². The molecule has 0 aromatic carbocycles. The van der Waals surface area contributed by atoms with Crippen LogP contribution in [-0.4, -0.2) is 30.5 Å². The first-order valence-electron chi connectivity index (χ1n) is 4.25. The molecule has 1 rings (SSSR count). The summed E-state index contributed by atoms with van der Waals surface area (Å²) >= 11 is 6.77. The van der Waals surface area contributed by atoms with Gasteiger partial charge in [0.15, 0.2) is 0 Å². The van der Waals surface area contributed by atoms with Crippen LogP contribution in [0, 0.1) is 5.41 Å². The zero-order chi connectivity index (χ0) is 10.7. The molecule has 1 aliphatic heterocycles. The first-order chi connectivity index (χ1) is 6.60. The number of rotatable bonds is 4. The van der Waals surface area contributed by atoms with Crippen LogP contribution in [0.2, 0.25) is 0 Å². The lowest BCUT2D eigenvalue weighted by atomic mass is 9.96. The molecule has 4 nitrogen and oxygen atoms in total. The summed E-state index contributed by atoms with van der Waals surface area (Å²) in [5.74, 6) is 0. The van der Waals surface area contributed by atoms with Crippen LogP contribution in [0.3, 0.4) is 0 Å². The van der Waals surface area contributed by atoms with E-state index in [9.17, 15) is 4.57 Å². The average molecular weight is 352 g/mol. The largest absolute Gasteiger partial charge is 0.474 e. The second kappa shape index (κ2) is 5.41. The highest BCUT2D eigenvalue weighted by molar-refractivity contribution is 9.09. The van der Waals surface area contributed by atoms with Crippen LogP contribution in [0.4, 0.5) is 0 Å². The molecule has 0 bridgehead atoms. The summed E-state index contributed by atoms with van der Waals surface area (Å²) in [5, 5.41) is 1.47. The van der Waals surface area contributed by atoms with E-state index < -0.39 is 7.82 Å². The molecule has 1 heterocycles. The van der Waals surface area contributed by atoms with Crippen molar-refractivity contribution in [1.29, 1.82) is 0 Å². The third-order valence-electron chi connectivity index (χ3n) is 1.91. The maximum atomic E-state index is 11.7. The summed E-state index contributed by atoms with van der Waals surface area (Å²) in [7, 11) is -3.26. The molecule has 0 amide bonds. The Kier molecular flexibility index (Phi) is 5.08. The fourth-order valence-corrected chi connectivity index (χ4v) is 3.91. The number of halogens is 2. The Morgan fingerprint density at radius 1 is 1.36 bits per heavy atom. The van der Waals surface area contributed by atoms with E-state index in [1.54, 1.807) is 6.92 Å². The molecular formula is C7H13Br2O4P. The van der Waals surface area contributed by atoms with Gasteiger partial charge in [-0.1, -0.05) is 31.9 Å². The highest BCUT2D eigenvalue weighted by atomic mass is 79.9. The van der Waals surface area contributed by atoms with Crippen molar-refractivity contribution >= 4 is 39.7 Å². The van der Waals surface area contributed by atoms with Crippen LogP contribution in [0.1, 0.15) is 6.92 Å². The van der Waals surface area contributed by atoms with E-state index in [1.165, 1.54) is 0 Å². The normalized spacial score (nSPS) is 24.8. The van der Waals surface area contributed by atoms with E-state index in [0.29, 0.717) is 19.8 Å². The summed E-state index contributed by atoms with van der Waals surface area (Å²) in [5.41, 5.74) is -0.148. The summed E-state index contributed by atoms with van der Waals surface area (Å²) < 4.78 is 26.9. The van der Waals surface area contributed by atoms with Crippen molar-refractivity contribution in [3.8, 4) is 0 Å². The lowest BCUT2D eigenvalue weighted by Gasteiger charge is -2.36. The quantitative estimate of drug-likeness (QED) is 0.577. The minimum Gasteiger partial charge on any atom is -0.287 e. The number of hydrogen-bond donors (Lipinski definition) is 0. The van der Waals surface area contributed by atoms with Crippen LogP contribution >= 0.6 is 39.7 Å². The molecule has 0 atom stereocenters. The predicted octanol–water partition coefficient (Wildman–Crippen LogP) is 2.95. The second-order valence-electron chi connectivity index (χ2n) is 3.18. The maximum absolute atomic E-state index is 11.7. The van der Waals surface area contributed by atoms with Crippen LogP contribution in [0.15, 0.2) is 0 Å². The van der Waals surface area contributed by atoms with Crippen LogP contribution in [-0.2, 0) is 18.1 Å². The molecule has 0 aromatic heterocycles. The minimum atomic E-state index is -3.26. The molecule has 84 valence electrons. The van der Waals surface area contributed by atoms with E-state index in [0.717, 1.165) is 10.7 Å². The minimum absolute atomic E-state index is 0.148. The molecule has 14 heavy (non-hydrogen) atoms. The Balaban J connectivity index is 2.56. The van der Waals surface area contributed by atoms with Gasteiger partial charge in [0.1, 0.15) is 0 Å². The molecule has 0 saturated carbocycles. The van der Waals surface area contributed by atoms with Gasteiger partial charge < -0.3 is 0 Å². The monoisotopic (exact) mass is 350 g/mol.